The first kappa shape index (κ1) is 13.2. The standard InChI is InChI=1S/C14H27N3S/c15-12-14(17-7-3-10-18-11-9-17)5-8-16-6-2-1-4-13(14)16/h13H,1-12,15H2. The Morgan fingerprint density at radius 1 is 1.06 bits per heavy atom. The molecule has 3 aliphatic rings. The van der Waals surface area contributed by atoms with Crippen LogP contribution in [0.1, 0.15) is 32.1 Å². The molecule has 0 amide bonds. The van der Waals surface area contributed by atoms with Gasteiger partial charge in [-0.3, -0.25) is 9.80 Å². The maximum absolute atomic E-state index is 6.28. The largest absolute Gasteiger partial charge is 0.329 e. The summed E-state index contributed by atoms with van der Waals surface area (Å²) in [6, 6.07) is 0.749. The third kappa shape index (κ3) is 2.21. The van der Waals surface area contributed by atoms with E-state index in [0.717, 1.165) is 12.6 Å². The highest BCUT2D eigenvalue weighted by Gasteiger charge is 2.50. The van der Waals surface area contributed by atoms with Gasteiger partial charge in [-0.05, 0) is 44.5 Å². The number of fused-ring (bicyclic) bond motifs is 1. The summed E-state index contributed by atoms with van der Waals surface area (Å²) in [5.41, 5.74) is 6.59. The summed E-state index contributed by atoms with van der Waals surface area (Å²) < 4.78 is 0. The summed E-state index contributed by atoms with van der Waals surface area (Å²) in [6.45, 7) is 5.99. The van der Waals surface area contributed by atoms with Gasteiger partial charge in [0, 0.05) is 37.0 Å². The van der Waals surface area contributed by atoms with Crippen molar-refractivity contribution in [2.45, 2.75) is 43.7 Å². The molecule has 0 aromatic carbocycles. The van der Waals surface area contributed by atoms with Crippen molar-refractivity contribution in [1.29, 1.82) is 0 Å². The first-order valence-corrected chi connectivity index (χ1v) is 8.79. The normalized spacial score (nSPS) is 39.5. The molecule has 3 heterocycles. The zero-order valence-electron chi connectivity index (χ0n) is 11.4. The summed E-state index contributed by atoms with van der Waals surface area (Å²) in [4.78, 5) is 5.50. The van der Waals surface area contributed by atoms with Crippen LogP contribution in [0, 0.1) is 0 Å². The summed E-state index contributed by atoms with van der Waals surface area (Å²) in [7, 11) is 0. The van der Waals surface area contributed by atoms with E-state index in [1.165, 1.54) is 69.8 Å². The maximum atomic E-state index is 6.28. The molecule has 2 atom stereocenters. The van der Waals surface area contributed by atoms with E-state index in [2.05, 4.69) is 21.6 Å². The van der Waals surface area contributed by atoms with Crippen LogP contribution < -0.4 is 5.73 Å². The minimum Gasteiger partial charge on any atom is -0.329 e. The number of hydrogen-bond donors (Lipinski definition) is 1. The van der Waals surface area contributed by atoms with Crippen molar-refractivity contribution in [1.82, 2.24) is 9.80 Å². The number of rotatable bonds is 2. The van der Waals surface area contributed by atoms with Crippen molar-refractivity contribution in [3.63, 3.8) is 0 Å². The van der Waals surface area contributed by atoms with Crippen LogP contribution in [0.3, 0.4) is 0 Å². The lowest BCUT2D eigenvalue weighted by Gasteiger charge is -2.47. The fourth-order valence-electron chi connectivity index (χ4n) is 4.30. The maximum Gasteiger partial charge on any atom is 0.0499 e. The lowest BCUT2D eigenvalue weighted by molar-refractivity contribution is 0.0429. The highest BCUT2D eigenvalue weighted by Crippen LogP contribution is 2.39. The Morgan fingerprint density at radius 3 is 2.89 bits per heavy atom. The van der Waals surface area contributed by atoms with Gasteiger partial charge < -0.3 is 5.73 Å². The van der Waals surface area contributed by atoms with Gasteiger partial charge in [-0.2, -0.15) is 11.8 Å². The van der Waals surface area contributed by atoms with Gasteiger partial charge in [0.15, 0.2) is 0 Å². The molecule has 0 aliphatic carbocycles. The summed E-state index contributed by atoms with van der Waals surface area (Å²) in [5.74, 6) is 2.64. The van der Waals surface area contributed by atoms with Gasteiger partial charge in [-0.25, -0.2) is 0 Å². The Kier molecular flexibility index (Phi) is 4.18. The van der Waals surface area contributed by atoms with Crippen LogP contribution >= 0.6 is 11.8 Å². The number of nitrogens with zero attached hydrogens (tertiary/aromatic N) is 2. The van der Waals surface area contributed by atoms with Crippen LogP contribution in [0.2, 0.25) is 0 Å². The van der Waals surface area contributed by atoms with E-state index < -0.39 is 0 Å². The number of nitrogens with two attached hydrogens (primary N) is 1. The molecule has 104 valence electrons. The van der Waals surface area contributed by atoms with Gasteiger partial charge in [-0.15, -0.1) is 0 Å². The lowest BCUT2D eigenvalue weighted by atomic mass is 9.83. The molecule has 2 N–H and O–H groups in total. The molecule has 3 nitrogen and oxygen atoms in total. The van der Waals surface area contributed by atoms with E-state index >= 15 is 0 Å². The highest BCUT2D eigenvalue weighted by atomic mass is 32.2. The van der Waals surface area contributed by atoms with E-state index in [9.17, 15) is 0 Å². The van der Waals surface area contributed by atoms with Gasteiger partial charge in [0.2, 0.25) is 0 Å². The van der Waals surface area contributed by atoms with Crippen LogP contribution in [0.25, 0.3) is 0 Å². The molecule has 0 spiro atoms. The Hall–Kier alpha value is 0.230. The predicted molar refractivity (Wildman–Crippen MR) is 79.1 cm³/mol. The molecular weight excluding hydrogens is 242 g/mol. The average Bonchev–Trinajstić information content (AvgIpc) is 2.61. The van der Waals surface area contributed by atoms with E-state index in [1.54, 1.807) is 0 Å². The molecular formula is C14H27N3S. The van der Waals surface area contributed by atoms with Crippen molar-refractivity contribution in [2.75, 3.05) is 44.2 Å². The van der Waals surface area contributed by atoms with Crippen molar-refractivity contribution >= 4 is 11.8 Å². The molecule has 3 aliphatic heterocycles. The number of thioether (sulfide) groups is 1. The van der Waals surface area contributed by atoms with Crippen molar-refractivity contribution in [3.05, 3.63) is 0 Å². The third-order valence-corrected chi connectivity index (χ3v) is 6.32. The minimum atomic E-state index is 0.311. The SMILES string of the molecule is NCC1(N2CCCSCC2)CCN2CCCCC21. The molecule has 0 aromatic rings. The Bertz CT molecular complexity index is 278. The summed E-state index contributed by atoms with van der Waals surface area (Å²) in [6.07, 6.45) is 6.83. The van der Waals surface area contributed by atoms with Gasteiger partial charge in [0.25, 0.3) is 0 Å². The average molecular weight is 269 g/mol. The zero-order chi connectivity index (χ0) is 12.4. The molecule has 3 saturated heterocycles. The van der Waals surface area contributed by atoms with Gasteiger partial charge in [0.1, 0.15) is 0 Å². The van der Waals surface area contributed by atoms with Crippen LogP contribution in [0.15, 0.2) is 0 Å². The lowest BCUT2D eigenvalue weighted by Crippen LogP contribution is -2.62. The molecule has 0 bridgehead atoms. The molecule has 0 radical (unpaired) electrons. The van der Waals surface area contributed by atoms with Crippen molar-refractivity contribution in [3.8, 4) is 0 Å². The molecule has 3 fully saturated rings. The van der Waals surface area contributed by atoms with Crippen LogP contribution in [-0.4, -0.2) is 65.6 Å². The van der Waals surface area contributed by atoms with Gasteiger partial charge in [-0.1, -0.05) is 6.42 Å². The molecule has 3 rings (SSSR count). The zero-order valence-corrected chi connectivity index (χ0v) is 12.3. The Morgan fingerprint density at radius 2 is 2.00 bits per heavy atom. The second kappa shape index (κ2) is 5.70. The van der Waals surface area contributed by atoms with E-state index in [1.807, 2.05) is 0 Å². The van der Waals surface area contributed by atoms with E-state index in [4.69, 9.17) is 5.73 Å². The fraction of sp³-hybridized carbons (Fsp3) is 1.00. The monoisotopic (exact) mass is 269 g/mol. The van der Waals surface area contributed by atoms with E-state index in [-0.39, 0.29) is 0 Å². The Labute approximate surface area is 115 Å². The van der Waals surface area contributed by atoms with E-state index in [0.29, 0.717) is 5.54 Å². The van der Waals surface area contributed by atoms with Gasteiger partial charge in [0.05, 0.1) is 0 Å². The van der Waals surface area contributed by atoms with Crippen LogP contribution in [0.5, 0.6) is 0 Å². The van der Waals surface area contributed by atoms with Crippen LogP contribution in [0.4, 0.5) is 0 Å². The van der Waals surface area contributed by atoms with Crippen LogP contribution in [-0.2, 0) is 0 Å². The quantitative estimate of drug-likeness (QED) is 0.821. The highest BCUT2D eigenvalue weighted by molar-refractivity contribution is 7.99. The third-order valence-electron chi connectivity index (χ3n) is 5.27. The molecule has 18 heavy (non-hydrogen) atoms. The topological polar surface area (TPSA) is 32.5 Å². The summed E-state index contributed by atoms with van der Waals surface area (Å²) in [5, 5.41) is 0. The second-order valence-electron chi connectivity index (χ2n) is 6.06. The predicted octanol–water partition coefficient (Wildman–Crippen LogP) is 1.38. The summed E-state index contributed by atoms with van der Waals surface area (Å²) >= 11 is 2.12. The second-order valence-corrected chi connectivity index (χ2v) is 7.28. The first-order chi connectivity index (χ1) is 8.87. The number of hydrogen-bond acceptors (Lipinski definition) is 4. The van der Waals surface area contributed by atoms with Crippen molar-refractivity contribution in [2.24, 2.45) is 5.73 Å². The molecule has 0 saturated carbocycles. The van der Waals surface area contributed by atoms with Crippen molar-refractivity contribution < 1.29 is 0 Å². The minimum absolute atomic E-state index is 0.311. The Balaban J connectivity index is 1.79. The molecule has 2 unspecified atom stereocenters. The van der Waals surface area contributed by atoms with Gasteiger partial charge >= 0.3 is 0 Å². The first-order valence-electron chi connectivity index (χ1n) is 7.64. The molecule has 4 heteroatoms. The molecule has 0 aromatic heterocycles. The fourth-order valence-corrected chi connectivity index (χ4v) is 5.19. The number of piperidine rings is 1. The smallest absolute Gasteiger partial charge is 0.0499 e.